The molecule has 0 saturated heterocycles. The fourth-order valence-corrected chi connectivity index (χ4v) is 2.11. The number of aromatic amines is 2. The van der Waals surface area contributed by atoms with Gasteiger partial charge in [-0.1, -0.05) is 0 Å². The van der Waals surface area contributed by atoms with Crippen LogP contribution in [0.25, 0.3) is 10.8 Å². The van der Waals surface area contributed by atoms with Gasteiger partial charge in [-0.3, -0.25) is 19.8 Å². The lowest BCUT2D eigenvalue weighted by Crippen LogP contribution is -2.36. The van der Waals surface area contributed by atoms with Crippen LogP contribution in [0.2, 0.25) is 0 Å². The molecule has 0 aliphatic heterocycles. The normalized spacial score (nSPS) is 12.6. The first kappa shape index (κ1) is 14.3. The lowest BCUT2D eigenvalue weighted by Gasteiger charge is -2.25. The fourth-order valence-electron chi connectivity index (χ4n) is 2.11. The topological polar surface area (TPSA) is 115 Å². The lowest BCUT2D eigenvalue weighted by molar-refractivity contribution is 0.188. The van der Waals surface area contributed by atoms with Gasteiger partial charge in [0.2, 0.25) is 0 Å². The van der Waals surface area contributed by atoms with E-state index in [1.54, 1.807) is 18.2 Å². The van der Waals surface area contributed by atoms with Crippen molar-refractivity contribution in [2.75, 3.05) is 24.5 Å². The number of nitrogens with zero attached hydrogens (tertiary/aromatic N) is 1. The van der Waals surface area contributed by atoms with E-state index >= 15 is 0 Å². The average molecular weight is 278 g/mol. The van der Waals surface area contributed by atoms with Gasteiger partial charge in [0.05, 0.1) is 16.9 Å². The molecule has 0 saturated carbocycles. The van der Waals surface area contributed by atoms with Crippen LogP contribution >= 0.6 is 0 Å². The highest BCUT2D eigenvalue weighted by Gasteiger charge is 2.12. The van der Waals surface area contributed by atoms with Crippen molar-refractivity contribution < 1.29 is 5.11 Å². The van der Waals surface area contributed by atoms with Crippen molar-refractivity contribution in [1.29, 1.82) is 0 Å². The van der Waals surface area contributed by atoms with Gasteiger partial charge in [0, 0.05) is 25.3 Å². The van der Waals surface area contributed by atoms with Crippen LogP contribution in [0.4, 0.5) is 5.69 Å². The Morgan fingerprint density at radius 1 is 1.25 bits per heavy atom. The predicted octanol–water partition coefficient (Wildman–Crippen LogP) is -0.638. The third-order valence-corrected chi connectivity index (χ3v) is 3.23. The number of aliphatic hydroxyl groups excluding tert-OH is 1. The number of rotatable bonds is 5. The number of nitrogens with one attached hydrogen (secondary N) is 2. The van der Waals surface area contributed by atoms with Gasteiger partial charge >= 0.3 is 0 Å². The second-order valence-corrected chi connectivity index (χ2v) is 4.57. The number of benzene rings is 1. The smallest absolute Gasteiger partial charge is 0.270 e. The predicted molar refractivity (Wildman–Crippen MR) is 78.1 cm³/mol. The molecule has 2 aromatic rings. The summed E-state index contributed by atoms with van der Waals surface area (Å²) in [5.41, 5.74) is 5.49. The zero-order valence-corrected chi connectivity index (χ0v) is 11.2. The number of nitrogens with two attached hydrogens (primary N) is 1. The Balaban J connectivity index is 2.47. The van der Waals surface area contributed by atoms with E-state index in [9.17, 15) is 14.7 Å². The molecule has 1 unspecified atom stereocenters. The molecular weight excluding hydrogens is 260 g/mol. The van der Waals surface area contributed by atoms with E-state index in [0.717, 1.165) is 5.69 Å². The molecular formula is C13H18N4O3. The van der Waals surface area contributed by atoms with Gasteiger partial charge < -0.3 is 15.7 Å². The molecule has 0 aliphatic rings. The summed E-state index contributed by atoms with van der Waals surface area (Å²) >= 11 is 0. The lowest BCUT2D eigenvalue weighted by atomic mass is 10.1. The second-order valence-electron chi connectivity index (χ2n) is 4.57. The van der Waals surface area contributed by atoms with Gasteiger partial charge in [0.15, 0.2) is 0 Å². The van der Waals surface area contributed by atoms with E-state index in [2.05, 4.69) is 10.2 Å². The Kier molecular flexibility index (Phi) is 4.21. The fraction of sp³-hybridized carbons (Fsp3) is 0.385. The molecule has 1 aromatic carbocycles. The van der Waals surface area contributed by atoms with Crippen molar-refractivity contribution in [3.8, 4) is 0 Å². The Morgan fingerprint density at radius 3 is 2.50 bits per heavy atom. The Labute approximate surface area is 115 Å². The highest BCUT2D eigenvalue weighted by Crippen LogP contribution is 2.18. The van der Waals surface area contributed by atoms with Gasteiger partial charge in [-0.25, -0.2) is 0 Å². The summed E-state index contributed by atoms with van der Waals surface area (Å²) in [5, 5.41) is 14.9. The van der Waals surface area contributed by atoms with Crippen molar-refractivity contribution in [1.82, 2.24) is 10.2 Å². The summed E-state index contributed by atoms with van der Waals surface area (Å²) in [5.74, 6) is 0. The van der Waals surface area contributed by atoms with Crippen LogP contribution < -0.4 is 21.8 Å². The number of anilines is 1. The third-order valence-electron chi connectivity index (χ3n) is 3.23. The summed E-state index contributed by atoms with van der Waals surface area (Å²) in [7, 11) is 0. The Bertz CT molecular complexity index is 707. The van der Waals surface area contributed by atoms with Crippen LogP contribution in [0.3, 0.4) is 0 Å². The number of fused-ring (bicyclic) bond motifs is 1. The second kappa shape index (κ2) is 5.89. The van der Waals surface area contributed by atoms with Gasteiger partial charge in [0.25, 0.3) is 11.1 Å². The van der Waals surface area contributed by atoms with Crippen molar-refractivity contribution in [2.45, 2.75) is 13.0 Å². The van der Waals surface area contributed by atoms with Gasteiger partial charge in [-0.15, -0.1) is 0 Å². The molecule has 20 heavy (non-hydrogen) atoms. The third kappa shape index (κ3) is 2.73. The molecule has 5 N–H and O–H groups in total. The number of likely N-dealkylation sites (N-methyl/N-ethyl adjacent to an activating group) is 1. The van der Waals surface area contributed by atoms with Gasteiger partial charge in [-0.2, -0.15) is 0 Å². The monoisotopic (exact) mass is 278 g/mol. The largest absolute Gasteiger partial charge is 0.390 e. The minimum absolute atomic E-state index is 0.171. The molecule has 1 heterocycles. The van der Waals surface area contributed by atoms with Gasteiger partial charge in [0.1, 0.15) is 0 Å². The van der Waals surface area contributed by atoms with E-state index < -0.39 is 6.10 Å². The van der Waals surface area contributed by atoms with Crippen molar-refractivity contribution in [3.63, 3.8) is 0 Å². The maximum Gasteiger partial charge on any atom is 0.270 e. The average Bonchev–Trinajstić information content (AvgIpc) is 2.48. The molecule has 0 spiro atoms. The number of aliphatic hydroxyl groups is 1. The van der Waals surface area contributed by atoms with E-state index in [-0.39, 0.29) is 17.7 Å². The first-order valence-electron chi connectivity index (χ1n) is 6.44. The minimum Gasteiger partial charge on any atom is -0.390 e. The van der Waals surface area contributed by atoms with E-state index in [1.165, 1.54) is 0 Å². The maximum absolute atomic E-state index is 11.8. The molecule has 0 amide bonds. The molecule has 0 radical (unpaired) electrons. The highest BCUT2D eigenvalue weighted by molar-refractivity contribution is 5.84. The number of H-pyrrole nitrogens is 2. The molecule has 108 valence electrons. The summed E-state index contributed by atoms with van der Waals surface area (Å²) in [6.45, 7) is 3.14. The van der Waals surface area contributed by atoms with Crippen LogP contribution in [-0.2, 0) is 0 Å². The van der Waals surface area contributed by atoms with Crippen LogP contribution in [0, 0.1) is 0 Å². The van der Waals surface area contributed by atoms with Crippen molar-refractivity contribution >= 4 is 16.5 Å². The zero-order valence-electron chi connectivity index (χ0n) is 11.2. The van der Waals surface area contributed by atoms with Crippen LogP contribution in [0.5, 0.6) is 0 Å². The first-order chi connectivity index (χ1) is 9.56. The molecule has 2 rings (SSSR count). The Hall–Kier alpha value is -2.12. The summed E-state index contributed by atoms with van der Waals surface area (Å²) in [6.07, 6.45) is -0.636. The van der Waals surface area contributed by atoms with Crippen LogP contribution in [0.1, 0.15) is 6.92 Å². The molecule has 0 fully saturated rings. The molecule has 1 atom stereocenters. The van der Waals surface area contributed by atoms with Crippen LogP contribution in [-0.4, -0.2) is 41.0 Å². The summed E-state index contributed by atoms with van der Waals surface area (Å²) in [6, 6.07) is 5.01. The first-order valence-corrected chi connectivity index (χ1v) is 6.44. The quantitative estimate of drug-likeness (QED) is 0.581. The van der Waals surface area contributed by atoms with Crippen LogP contribution in [0.15, 0.2) is 27.8 Å². The molecule has 7 heteroatoms. The molecule has 7 nitrogen and oxygen atoms in total. The SMILES string of the molecule is CCN(CC(O)CN)c1ccc2c(=O)[nH][nH]c(=O)c2c1. The van der Waals surface area contributed by atoms with E-state index in [4.69, 9.17) is 5.73 Å². The van der Waals surface area contributed by atoms with E-state index in [1.807, 2.05) is 11.8 Å². The van der Waals surface area contributed by atoms with Crippen molar-refractivity contribution in [3.05, 3.63) is 38.9 Å². The number of hydrogen-bond donors (Lipinski definition) is 4. The number of aromatic nitrogens is 2. The minimum atomic E-state index is -0.636. The zero-order chi connectivity index (χ0) is 14.7. The molecule has 0 bridgehead atoms. The van der Waals surface area contributed by atoms with Gasteiger partial charge in [-0.05, 0) is 25.1 Å². The standard InChI is InChI=1S/C13H18N4O3/c1-2-17(7-9(18)6-14)8-3-4-10-11(5-8)13(20)16-15-12(10)19/h3-5,9,18H,2,6-7,14H2,1H3,(H,15,19)(H,16,20). The summed E-state index contributed by atoms with van der Waals surface area (Å²) in [4.78, 5) is 25.3. The summed E-state index contributed by atoms with van der Waals surface area (Å²) < 4.78 is 0. The van der Waals surface area contributed by atoms with E-state index in [0.29, 0.717) is 23.9 Å². The maximum atomic E-state index is 11.8. The highest BCUT2D eigenvalue weighted by atomic mass is 16.3. The number of hydrogen-bond acceptors (Lipinski definition) is 5. The Morgan fingerprint density at radius 2 is 1.90 bits per heavy atom. The van der Waals surface area contributed by atoms with Crippen molar-refractivity contribution in [2.24, 2.45) is 5.73 Å². The molecule has 0 aliphatic carbocycles. The molecule has 1 aromatic heterocycles.